The number of benzene rings is 1. The zero-order valence-corrected chi connectivity index (χ0v) is 19.9. The first-order valence-electron chi connectivity index (χ1n) is 10.2. The molecule has 2 N–H and O–H groups in total. The Bertz CT molecular complexity index is 1310. The lowest BCUT2D eigenvalue weighted by Gasteiger charge is -2.05. The third-order valence-corrected chi connectivity index (χ3v) is 6.04. The normalized spacial score (nSPS) is 10.9. The van der Waals surface area contributed by atoms with Crippen LogP contribution in [-0.4, -0.2) is 26.6 Å². The first-order valence-corrected chi connectivity index (χ1v) is 11.4. The lowest BCUT2D eigenvalue weighted by molar-refractivity contribution is -0.119. The molecule has 1 aromatic carbocycles. The molecule has 0 spiro atoms. The van der Waals surface area contributed by atoms with E-state index in [1.165, 1.54) is 23.8 Å². The highest BCUT2D eigenvalue weighted by Gasteiger charge is 2.22. The standard InChI is InChI=1S/C23H22ClN5O3S/c1-13-4-6-16(7-5-13)11-29-21(24)20(14(2)28-29)22(31)27-23-26-18(12-33-23)19-9-8-17(32-19)10-25-15(3)30/h4-9,12H,10-11H2,1-3H3,(H,25,30)(H,26,27,31). The zero-order chi connectivity index (χ0) is 23.5. The van der Waals surface area contributed by atoms with Crippen molar-refractivity contribution in [3.05, 3.63) is 75.1 Å². The van der Waals surface area contributed by atoms with Crippen LogP contribution in [0.4, 0.5) is 5.13 Å². The van der Waals surface area contributed by atoms with Gasteiger partial charge in [0, 0.05) is 12.3 Å². The number of thiazole rings is 1. The van der Waals surface area contributed by atoms with Crippen LogP contribution in [0.5, 0.6) is 0 Å². The fraction of sp³-hybridized carbons (Fsp3) is 0.217. The third kappa shape index (κ3) is 5.32. The molecule has 0 fully saturated rings. The van der Waals surface area contributed by atoms with Crippen LogP contribution in [0, 0.1) is 13.8 Å². The van der Waals surface area contributed by atoms with Crippen molar-refractivity contribution in [1.29, 1.82) is 0 Å². The van der Waals surface area contributed by atoms with E-state index < -0.39 is 0 Å². The first kappa shape index (κ1) is 22.8. The van der Waals surface area contributed by atoms with Crippen LogP contribution in [0.15, 0.2) is 46.2 Å². The number of nitrogens with one attached hydrogen (secondary N) is 2. The van der Waals surface area contributed by atoms with E-state index in [4.69, 9.17) is 16.0 Å². The quantitative estimate of drug-likeness (QED) is 0.393. The van der Waals surface area contributed by atoms with Gasteiger partial charge < -0.3 is 9.73 Å². The summed E-state index contributed by atoms with van der Waals surface area (Å²) in [4.78, 5) is 28.4. The number of aromatic nitrogens is 3. The molecular weight excluding hydrogens is 462 g/mol. The number of halogens is 1. The minimum Gasteiger partial charge on any atom is -0.458 e. The van der Waals surface area contributed by atoms with Gasteiger partial charge in [0.2, 0.25) is 5.91 Å². The third-order valence-electron chi connectivity index (χ3n) is 4.90. The van der Waals surface area contributed by atoms with Crippen LogP contribution >= 0.6 is 22.9 Å². The molecule has 0 bridgehead atoms. The highest BCUT2D eigenvalue weighted by atomic mass is 35.5. The van der Waals surface area contributed by atoms with Gasteiger partial charge in [-0.3, -0.25) is 14.9 Å². The van der Waals surface area contributed by atoms with Crippen LogP contribution in [-0.2, 0) is 17.9 Å². The number of nitrogens with zero attached hydrogens (tertiary/aromatic N) is 3. The van der Waals surface area contributed by atoms with Gasteiger partial charge in [-0.25, -0.2) is 9.67 Å². The molecule has 3 heterocycles. The predicted octanol–water partition coefficient (Wildman–Crippen LogP) is 4.81. The number of carbonyl (C=O) groups excluding carboxylic acids is 2. The smallest absolute Gasteiger partial charge is 0.262 e. The molecule has 170 valence electrons. The zero-order valence-electron chi connectivity index (χ0n) is 18.3. The van der Waals surface area contributed by atoms with Crippen LogP contribution < -0.4 is 10.6 Å². The van der Waals surface area contributed by atoms with Gasteiger partial charge in [-0.05, 0) is 31.5 Å². The molecule has 0 unspecified atom stereocenters. The van der Waals surface area contributed by atoms with Crippen LogP contribution in [0.3, 0.4) is 0 Å². The van der Waals surface area contributed by atoms with Crippen LogP contribution in [0.25, 0.3) is 11.5 Å². The van der Waals surface area contributed by atoms with Crippen molar-refractivity contribution in [2.75, 3.05) is 5.32 Å². The molecule has 0 aliphatic rings. The molecule has 33 heavy (non-hydrogen) atoms. The Balaban J connectivity index is 1.46. The summed E-state index contributed by atoms with van der Waals surface area (Å²) in [5.74, 6) is 0.650. The summed E-state index contributed by atoms with van der Waals surface area (Å²) in [5, 5.41) is 12.4. The van der Waals surface area contributed by atoms with Gasteiger partial charge in [0.05, 0.1) is 24.3 Å². The fourth-order valence-corrected chi connectivity index (χ4v) is 4.22. The number of furan rings is 1. The number of carbonyl (C=O) groups is 2. The molecule has 0 saturated carbocycles. The molecule has 4 aromatic rings. The largest absolute Gasteiger partial charge is 0.458 e. The fourth-order valence-electron chi connectivity index (χ4n) is 3.21. The minimum absolute atomic E-state index is 0.136. The monoisotopic (exact) mass is 483 g/mol. The Morgan fingerprint density at radius 2 is 1.91 bits per heavy atom. The van der Waals surface area contributed by atoms with Crippen molar-refractivity contribution in [1.82, 2.24) is 20.1 Å². The molecule has 0 atom stereocenters. The van der Waals surface area contributed by atoms with E-state index in [9.17, 15) is 9.59 Å². The van der Waals surface area contributed by atoms with E-state index in [2.05, 4.69) is 20.7 Å². The summed E-state index contributed by atoms with van der Waals surface area (Å²) in [7, 11) is 0. The number of anilines is 1. The number of amides is 2. The summed E-state index contributed by atoms with van der Waals surface area (Å²) in [5.41, 5.74) is 3.65. The Morgan fingerprint density at radius 3 is 2.64 bits per heavy atom. The maximum Gasteiger partial charge on any atom is 0.262 e. The molecule has 0 saturated heterocycles. The second-order valence-electron chi connectivity index (χ2n) is 7.56. The second-order valence-corrected chi connectivity index (χ2v) is 8.78. The molecule has 10 heteroatoms. The Labute approximate surface area is 199 Å². The molecule has 2 amide bonds. The highest BCUT2D eigenvalue weighted by molar-refractivity contribution is 7.14. The molecule has 0 radical (unpaired) electrons. The summed E-state index contributed by atoms with van der Waals surface area (Å²) in [6.45, 7) is 5.98. The van der Waals surface area contributed by atoms with Crippen molar-refractivity contribution in [2.24, 2.45) is 0 Å². The van der Waals surface area contributed by atoms with E-state index >= 15 is 0 Å². The van der Waals surface area contributed by atoms with Crippen molar-refractivity contribution in [3.8, 4) is 11.5 Å². The number of rotatable bonds is 7. The molecule has 8 nitrogen and oxygen atoms in total. The molecule has 0 aliphatic carbocycles. The van der Waals surface area contributed by atoms with Crippen LogP contribution in [0.2, 0.25) is 5.15 Å². The van der Waals surface area contributed by atoms with Crippen molar-refractivity contribution in [3.63, 3.8) is 0 Å². The summed E-state index contributed by atoms with van der Waals surface area (Å²) in [6, 6.07) is 11.6. The summed E-state index contributed by atoms with van der Waals surface area (Å²) < 4.78 is 7.33. The number of hydrogen-bond acceptors (Lipinski definition) is 6. The van der Waals surface area contributed by atoms with Gasteiger partial charge in [-0.1, -0.05) is 41.4 Å². The maximum absolute atomic E-state index is 12.9. The minimum atomic E-state index is -0.376. The van der Waals surface area contributed by atoms with Crippen molar-refractivity contribution in [2.45, 2.75) is 33.9 Å². The van der Waals surface area contributed by atoms with Crippen molar-refractivity contribution < 1.29 is 14.0 Å². The topological polar surface area (TPSA) is 102 Å². The van der Waals surface area contributed by atoms with E-state index in [0.29, 0.717) is 46.7 Å². The van der Waals surface area contributed by atoms with Crippen molar-refractivity contribution >= 4 is 39.9 Å². The van der Waals surface area contributed by atoms with E-state index in [0.717, 1.165) is 5.56 Å². The van der Waals surface area contributed by atoms with E-state index in [1.54, 1.807) is 29.1 Å². The molecular formula is C23H22ClN5O3S. The Kier molecular flexibility index (Phi) is 6.62. The Morgan fingerprint density at radius 1 is 1.15 bits per heavy atom. The summed E-state index contributed by atoms with van der Waals surface area (Å²) in [6.07, 6.45) is 0. The van der Waals surface area contributed by atoms with E-state index in [-0.39, 0.29) is 17.0 Å². The Hall–Kier alpha value is -3.43. The average molecular weight is 484 g/mol. The van der Waals surface area contributed by atoms with Gasteiger partial charge >= 0.3 is 0 Å². The molecule has 4 rings (SSSR count). The number of hydrogen-bond donors (Lipinski definition) is 2. The lowest BCUT2D eigenvalue weighted by Crippen LogP contribution is -2.18. The van der Waals surface area contributed by atoms with Gasteiger partial charge in [-0.2, -0.15) is 5.10 Å². The van der Waals surface area contributed by atoms with Gasteiger partial charge in [0.1, 0.15) is 16.6 Å². The molecule has 3 aromatic heterocycles. The number of aryl methyl sites for hydroxylation is 2. The van der Waals surface area contributed by atoms with Gasteiger partial charge in [-0.15, -0.1) is 11.3 Å². The highest BCUT2D eigenvalue weighted by Crippen LogP contribution is 2.28. The molecule has 0 aliphatic heterocycles. The van der Waals surface area contributed by atoms with Crippen LogP contribution in [0.1, 0.15) is 39.9 Å². The predicted molar refractivity (Wildman–Crippen MR) is 128 cm³/mol. The first-order chi connectivity index (χ1) is 15.8. The van der Waals surface area contributed by atoms with E-state index in [1.807, 2.05) is 31.2 Å². The summed E-state index contributed by atoms with van der Waals surface area (Å²) >= 11 is 7.78. The average Bonchev–Trinajstić information content (AvgIpc) is 3.48. The lowest BCUT2D eigenvalue weighted by atomic mass is 10.1. The van der Waals surface area contributed by atoms with Gasteiger partial charge in [0.15, 0.2) is 10.9 Å². The van der Waals surface area contributed by atoms with Gasteiger partial charge in [0.25, 0.3) is 5.91 Å². The second kappa shape index (κ2) is 9.60. The maximum atomic E-state index is 12.9. The SMILES string of the molecule is CC(=O)NCc1ccc(-c2csc(NC(=O)c3c(C)nn(Cc4ccc(C)cc4)c3Cl)n2)o1.